The molecule has 0 aliphatic heterocycles. The van der Waals surface area contributed by atoms with E-state index in [9.17, 15) is 0 Å². The van der Waals surface area contributed by atoms with Crippen LogP contribution < -0.4 is 0 Å². The fourth-order valence-electron chi connectivity index (χ4n) is 1.47. The van der Waals surface area contributed by atoms with E-state index in [0.717, 1.165) is 5.25 Å². The topological polar surface area (TPSA) is 0 Å². The van der Waals surface area contributed by atoms with Crippen LogP contribution in [0.25, 0.3) is 0 Å². The molecule has 0 fully saturated rings. The van der Waals surface area contributed by atoms with Crippen molar-refractivity contribution in [1.82, 2.24) is 0 Å². The SMILES string of the molecule is CCCCCCC(C)Sc1ccsc1. The third-order valence-corrected chi connectivity index (χ3v) is 4.29. The smallest absolute Gasteiger partial charge is 0.0182 e. The van der Waals surface area contributed by atoms with Crippen molar-refractivity contribution < 1.29 is 0 Å². The van der Waals surface area contributed by atoms with Gasteiger partial charge in [0.15, 0.2) is 0 Å². The minimum atomic E-state index is 0.779. The molecule has 1 rings (SSSR count). The summed E-state index contributed by atoms with van der Waals surface area (Å²) in [5.74, 6) is 0. The fraction of sp³-hybridized carbons (Fsp3) is 0.667. The van der Waals surface area contributed by atoms with E-state index in [0.29, 0.717) is 0 Å². The maximum Gasteiger partial charge on any atom is 0.0182 e. The number of hydrogen-bond acceptors (Lipinski definition) is 2. The zero-order valence-corrected chi connectivity index (χ0v) is 10.8. The van der Waals surface area contributed by atoms with Gasteiger partial charge in [-0.1, -0.05) is 39.5 Å². The highest BCUT2D eigenvalue weighted by molar-refractivity contribution is 8.00. The maximum absolute atomic E-state index is 2.34. The average Bonchev–Trinajstić information content (AvgIpc) is 2.65. The van der Waals surface area contributed by atoms with Gasteiger partial charge in [0.25, 0.3) is 0 Å². The lowest BCUT2D eigenvalue weighted by Crippen LogP contribution is -1.94. The molecule has 1 aromatic heterocycles. The lowest BCUT2D eigenvalue weighted by molar-refractivity contribution is 0.630. The van der Waals surface area contributed by atoms with Crippen molar-refractivity contribution in [2.24, 2.45) is 0 Å². The van der Waals surface area contributed by atoms with Gasteiger partial charge in [-0.2, -0.15) is 11.3 Å². The summed E-state index contributed by atoms with van der Waals surface area (Å²) in [6.07, 6.45) is 6.90. The molecule has 80 valence electrons. The van der Waals surface area contributed by atoms with E-state index < -0.39 is 0 Å². The molecule has 0 spiro atoms. The molecule has 0 saturated heterocycles. The van der Waals surface area contributed by atoms with Crippen LogP contribution in [0.15, 0.2) is 21.7 Å². The Morgan fingerprint density at radius 2 is 2.21 bits per heavy atom. The van der Waals surface area contributed by atoms with Crippen LogP contribution in [-0.4, -0.2) is 5.25 Å². The number of unbranched alkanes of at least 4 members (excludes halogenated alkanes) is 3. The summed E-state index contributed by atoms with van der Waals surface area (Å²) < 4.78 is 0. The first-order chi connectivity index (χ1) is 6.83. The van der Waals surface area contributed by atoms with Crippen molar-refractivity contribution in [2.75, 3.05) is 0 Å². The van der Waals surface area contributed by atoms with Gasteiger partial charge in [-0.05, 0) is 17.9 Å². The van der Waals surface area contributed by atoms with Crippen LogP contribution >= 0.6 is 23.1 Å². The average molecular weight is 228 g/mol. The number of hydrogen-bond donors (Lipinski definition) is 0. The van der Waals surface area contributed by atoms with Crippen molar-refractivity contribution >= 4 is 23.1 Å². The van der Waals surface area contributed by atoms with Gasteiger partial charge in [0.05, 0.1) is 0 Å². The Kier molecular flexibility index (Phi) is 6.37. The molecule has 0 bridgehead atoms. The molecular weight excluding hydrogens is 208 g/mol. The van der Waals surface area contributed by atoms with Crippen LogP contribution in [0.5, 0.6) is 0 Å². The third-order valence-electron chi connectivity index (χ3n) is 2.30. The quantitative estimate of drug-likeness (QED) is 0.456. The van der Waals surface area contributed by atoms with Gasteiger partial charge in [0.1, 0.15) is 0 Å². The summed E-state index contributed by atoms with van der Waals surface area (Å²) in [6, 6.07) is 2.22. The first-order valence-electron chi connectivity index (χ1n) is 5.51. The standard InChI is InChI=1S/C12H20S2/c1-3-4-5-6-7-11(2)14-12-8-9-13-10-12/h8-11H,3-7H2,1-2H3. The molecule has 1 unspecified atom stereocenters. The third kappa shape index (κ3) is 5.06. The van der Waals surface area contributed by atoms with Crippen LogP contribution in [0.3, 0.4) is 0 Å². The van der Waals surface area contributed by atoms with E-state index in [1.165, 1.54) is 37.0 Å². The number of rotatable bonds is 7. The Balaban J connectivity index is 2.07. The highest BCUT2D eigenvalue weighted by atomic mass is 32.2. The Hall–Kier alpha value is 0.0500. The summed E-state index contributed by atoms with van der Waals surface area (Å²) in [5, 5.41) is 5.18. The van der Waals surface area contributed by atoms with Gasteiger partial charge in [0, 0.05) is 15.5 Å². The second kappa shape index (κ2) is 7.36. The molecule has 0 aliphatic rings. The van der Waals surface area contributed by atoms with E-state index >= 15 is 0 Å². The number of thioether (sulfide) groups is 1. The molecule has 14 heavy (non-hydrogen) atoms. The largest absolute Gasteiger partial charge is 0.151 e. The van der Waals surface area contributed by atoms with Crippen LogP contribution in [0.2, 0.25) is 0 Å². The monoisotopic (exact) mass is 228 g/mol. The lowest BCUT2D eigenvalue weighted by atomic mass is 10.1. The number of thiophene rings is 1. The fourth-order valence-corrected chi connectivity index (χ4v) is 3.36. The second-order valence-corrected chi connectivity index (χ2v) is 6.03. The summed E-state index contributed by atoms with van der Waals surface area (Å²) in [6.45, 7) is 4.61. The molecule has 0 saturated carbocycles. The first kappa shape index (κ1) is 12.1. The van der Waals surface area contributed by atoms with Crippen molar-refractivity contribution in [3.8, 4) is 0 Å². The second-order valence-electron chi connectivity index (χ2n) is 3.74. The van der Waals surface area contributed by atoms with E-state index in [1.54, 1.807) is 11.3 Å². The zero-order valence-electron chi connectivity index (χ0n) is 9.16. The molecule has 1 atom stereocenters. The van der Waals surface area contributed by atoms with E-state index in [2.05, 4.69) is 30.7 Å². The predicted octanol–water partition coefficient (Wildman–Crippen LogP) is 5.20. The molecule has 0 nitrogen and oxygen atoms in total. The molecule has 0 N–H and O–H groups in total. The first-order valence-corrected chi connectivity index (χ1v) is 7.34. The van der Waals surface area contributed by atoms with Gasteiger partial charge < -0.3 is 0 Å². The van der Waals surface area contributed by atoms with Crippen LogP contribution in [0.4, 0.5) is 0 Å². The highest BCUT2D eigenvalue weighted by Crippen LogP contribution is 2.28. The lowest BCUT2D eigenvalue weighted by Gasteiger charge is -2.09. The van der Waals surface area contributed by atoms with Crippen LogP contribution in [0.1, 0.15) is 46.0 Å². The van der Waals surface area contributed by atoms with Gasteiger partial charge in [-0.3, -0.25) is 0 Å². The Bertz CT molecular complexity index is 216. The van der Waals surface area contributed by atoms with Gasteiger partial charge in [-0.15, -0.1) is 11.8 Å². The van der Waals surface area contributed by atoms with Crippen LogP contribution in [0, 0.1) is 0 Å². The summed E-state index contributed by atoms with van der Waals surface area (Å²) in [7, 11) is 0. The molecular formula is C12H20S2. The highest BCUT2D eigenvalue weighted by Gasteiger charge is 2.03. The molecule has 2 heteroatoms. The van der Waals surface area contributed by atoms with Crippen molar-refractivity contribution in [3.05, 3.63) is 16.8 Å². The molecule has 0 radical (unpaired) electrons. The summed E-state index contributed by atoms with van der Waals surface area (Å²) >= 11 is 3.81. The molecule has 0 aromatic carbocycles. The molecule has 0 amide bonds. The van der Waals surface area contributed by atoms with E-state index in [1.807, 2.05) is 11.8 Å². The van der Waals surface area contributed by atoms with Gasteiger partial charge in [-0.25, -0.2) is 0 Å². The zero-order chi connectivity index (χ0) is 10.2. The van der Waals surface area contributed by atoms with E-state index in [-0.39, 0.29) is 0 Å². The predicted molar refractivity (Wildman–Crippen MR) is 68.4 cm³/mol. The maximum atomic E-state index is 2.34. The van der Waals surface area contributed by atoms with Gasteiger partial charge in [0.2, 0.25) is 0 Å². The summed E-state index contributed by atoms with van der Waals surface area (Å²) in [5.41, 5.74) is 0. The van der Waals surface area contributed by atoms with Crippen molar-refractivity contribution in [1.29, 1.82) is 0 Å². The normalized spacial score (nSPS) is 13.0. The molecule has 0 aliphatic carbocycles. The molecule has 1 heterocycles. The van der Waals surface area contributed by atoms with Crippen molar-refractivity contribution in [2.45, 2.75) is 56.1 Å². The van der Waals surface area contributed by atoms with Gasteiger partial charge >= 0.3 is 0 Å². The Morgan fingerprint density at radius 3 is 2.86 bits per heavy atom. The summed E-state index contributed by atoms with van der Waals surface area (Å²) in [4.78, 5) is 1.44. The minimum absolute atomic E-state index is 0.779. The molecule has 1 aromatic rings. The van der Waals surface area contributed by atoms with Crippen molar-refractivity contribution in [3.63, 3.8) is 0 Å². The van der Waals surface area contributed by atoms with E-state index in [4.69, 9.17) is 0 Å². The van der Waals surface area contributed by atoms with Crippen LogP contribution in [-0.2, 0) is 0 Å². The Morgan fingerprint density at radius 1 is 1.36 bits per heavy atom. The minimum Gasteiger partial charge on any atom is -0.151 e. The Labute approximate surface area is 96.1 Å².